The molecule has 32 heavy (non-hydrogen) atoms. The van der Waals surface area contributed by atoms with Crippen molar-refractivity contribution < 1.29 is 9.53 Å². The number of carbonyl (C=O) groups is 1. The van der Waals surface area contributed by atoms with Crippen LogP contribution in [0.4, 0.5) is 5.13 Å². The Morgan fingerprint density at radius 1 is 1.19 bits per heavy atom. The standard InChI is InChI=1S/C24H22ClN3O2S2/c1-15(2)31-18-9-6-7-16(13-18)23(29)28(14-17-8-4-5-12-26-17)24-27-21-20(30-3)11-10-19(25)22(21)32-24/h4-13,15H,14H2,1-3H3. The maximum absolute atomic E-state index is 13.7. The summed E-state index contributed by atoms with van der Waals surface area (Å²) in [4.78, 5) is 25.6. The number of ether oxygens (including phenoxy) is 1. The zero-order valence-corrected chi connectivity index (χ0v) is 20.3. The van der Waals surface area contributed by atoms with E-state index in [1.807, 2.05) is 42.5 Å². The zero-order chi connectivity index (χ0) is 22.7. The highest BCUT2D eigenvalue weighted by molar-refractivity contribution is 7.99. The van der Waals surface area contributed by atoms with Gasteiger partial charge < -0.3 is 4.74 Å². The Morgan fingerprint density at radius 2 is 2.03 bits per heavy atom. The Labute approximate surface area is 200 Å². The Hall–Kier alpha value is -2.61. The van der Waals surface area contributed by atoms with Crippen molar-refractivity contribution in [1.82, 2.24) is 9.97 Å². The van der Waals surface area contributed by atoms with Gasteiger partial charge in [-0.15, -0.1) is 11.8 Å². The van der Waals surface area contributed by atoms with E-state index >= 15 is 0 Å². The van der Waals surface area contributed by atoms with Gasteiger partial charge in [-0.2, -0.15) is 0 Å². The SMILES string of the molecule is COc1ccc(Cl)c2sc(N(Cc3ccccn3)C(=O)c3cccc(SC(C)C)c3)nc12. The third-order valence-electron chi connectivity index (χ3n) is 4.64. The van der Waals surface area contributed by atoms with Crippen LogP contribution in [0.25, 0.3) is 10.2 Å². The first kappa shape index (κ1) is 22.6. The second-order valence-corrected chi connectivity index (χ2v) is 10.4. The Bertz CT molecular complexity index is 1240. The molecule has 1 amide bonds. The second-order valence-electron chi connectivity index (χ2n) is 7.33. The second kappa shape index (κ2) is 9.90. The number of pyridine rings is 1. The van der Waals surface area contributed by atoms with E-state index in [-0.39, 0.29) is 5.91 Å². The third kappa shape index (κ3) is 4.90. The van der Waals surface area contributed by atoms with Crippen LogP contribution in [0.3, 0.4) is 0 Å². The number of nitrogens with zero attached hydrogens (tertiary/aromatic N) is 3. The number of amides is 1. The molecule has 0 aliphatic heterocycles. The first-order valence-electron chi connectivity index (χ1n) is 10.1. The number of thioether (sulfide) groups is 1. The summed E-state index contributed by atoms with van der Waals surface area (Å²) in [7, 11) is 1.59. The summed E-state index contributed by atoms with van der Waals surface area (Å²) >= 11 is 9.52. The van der Waals surface area contributed by atoms with Crippen LogP contribution >= 0.6 is 34.7 Å². The lowest BCUT2D eigenvalue weighted by molar-refractivity contribution is 0.0984. The van der Waals surface area contributed by atoms with Crippen LogP contribution < -0.4 is 9.64 Å². The van der Waals surface area contributed by atoms with E-state index < -0.39 is 0 Å². The molecule has 0 radical (unpaired) electrons. The van der Waals surface area contributed by atoms with Gasteiger partial charge in [0, 0.05) is 21.9 Å². The van der Waals surface area contributed by atoms with Crippen LogP contribution in [-0.2, 0) is 6.54 Å². The molecule has 2 heterocycles. The highest BCUT2D eigenvalue weighted by Crippen LogP contribution is 2.39. The summed E-state index contributed by atoms with van der Waals surface area (Å²) in [5, 5.41) is 1.54. The van der Waals surface area contributed by atoms with Gasteiger partial charge in [0.25, 0.3) is 5.91 Å². The molecule has 0 aliphatic rings. The molecule has 164 valence electrons. The van der Waals surface area contributed by atoms with Crippen LogP contribution in [0.5, 0.6) is 5.75 Å². The van der Waals surface area contributed by atoms with Crippen LogP contribution in [-0.4, -0.2) is 28.2 Å². The van der Waals surface area contributed by atoms with E-state index in [2.05, 4.69) is 18.8 Å². The topological polar surface area (TPSA) is 55.3 Å². The molecule has 0 bridgehead atoms. The predicted molar refractivity (Wildman–Crippen MR) is 133 cm³/mol. The molecule has 0 N–H and O–H groups in total. The van der Waals surface area contributed by atoms with Crippen LogP contribution in [0, 0.1) is 0 Å². The molecule has 5 nitrogen and oxygen atoms in total. The number of hydrogen-bond donors (Lipinski definition) is 0. The van der Waals surface area contributed by atoms with Gasteiger partial charge in [0.15, 0.2) is 5.13 Å². The van der Waals surface area contributed by atoms with Gasteiger partial charge in [0.2, 0.25) is 0 Å². The maximum Gasteiger partial charge on any atom is 0.260 e. The van der Waals surface area contributed by atoms with Gasteiger partial charge >= 0.3 is 0 Å². The van der Waals surface area contributed by atoms with E-state index in [0.29, 0.717) is 38.8 Å². The van der Waals surface area contributed by atoms with Crippen LogP contribution in [0.1, 0.15) is 29.9 Å². The van der Waals surface area contributed by atoms with E-state index in [1.165, 1.54) is 11.3 Å². The Balaban J connectivity index is 1.78. The van der Waals surface area contributed by atoms with Gasteiger partial charge in [-0.25, -0.2) is 4.98 Å². The average molecular weight is 484 g/mol. The number of fused-ring (bicyclic) bond motifs is 1. The molecule has 0 fully saturated rings. The first-order valence-corrected chi connectivity index (χ1v) is 12.1. The van der Waals surface area contributed by atoms with Gasteiger partial charge in [-0.05, 0) is 42.5 Å². The highest BCUT2D eigenvalue weighted by Gasteiger charge is 2.24. The summed E-state index contributed by atoms with van der Waals surface area (Å²) in [6, 6.07) is 16.9. The first-order chi connectivity index (χ1) is 15.5. The summed E-state index contributed by atoms with van der Waals surface area (Å²) in [6.45, 7) is 4.55. The number of aromatic nitrogens is 2. The summed E-state index contributed by atoms with van der Waals surface area (Å²) in [6.07, 6.45) is 1.72. The molecule has 0 saturated heterocycles. The summed E-state index contributed by atoms with van der Waals surface area (Å²) in [5.41, 5.74) is 2.01. The number of benzene rings is 2. The fourth-order valence-electron chi connectivity index (χ4n) is 3.23. The third-order valence-corrected chi connectivity index (χ3v) is 7.18. The quantitative estimate of drug-likeness (QED) is 0.274. The lowest BCUT2D eigenvalue weighted by Gasteiger charge is -2.20. The van der Waals surface area contributed by atoms with Crippen molar-refractivity contribution in [3.8, 4) is 5.75 Å². The predicted octanol–water partition coefficient (Wildman–Crippen LogP) is 6.70. The van der Waals surface area contributed by atoms with E-state index in [4.69, 9.17) is 21.3 Å². The van der Waals surface area contributed by atoms with Crippen molar-refractivity contribution in [1.29, 1.82) is 0 Å². The molecule has 0 spiro atoms. The monoisotopic (exact) mass is 483 g/mol. The average Bonchev–Trinajstić information content (AvgIpc) is 3.24. The molecule has 4 aromatic rings. The lowest BCUT2D eigenvalue weighted by atomic mass is 10.2. The van der Waals surface area contributed by atoms with Crippen molar-refractivity contribution in [2.45, 2.75) is 30.5 Å². The van der Waals surface area contributed by atoms with Gasteiger partial charge in [-0.3, -0.25) is 14.7 Å². The van der Waals surface area contributed by atoms with E-state index in [0.717, 1.165) is 15.3 Å². The van der Waals surface area contributed by atoms with Gasteiger partial charge in [-0.1, -0.05) is 48.9 Å². The van der Waals surface area contributed by atoms with Crippen molar-refractivity contribution in [3.05, 3.63) is 77.1 Å². The van der Waals surface area contributed by atoms with Crippen LogP contribution in [0.2, 0.25) is 5.02 Å². The van der Waals surface area contributed by atoms with Crippen molar-refractivity contribution in [2.24, 2.45) is 0 Å². The minimum absolute atomic E-state index is 0.143. The van der Waals surface area contributed by atoms with Crippen molar-refractivity contribution in [3.63, 3.8) is 0 Å². The number of anilines is 1. The Kier molecular flexibility index (Phi) is 6.98. The number of thiazole rings is 1. The fraction of sp³-hybridized carbons (Fsp3) is 0.208. The summed E-state index contributed by atoms with van der Waals surface area (Å²) < 4.78 is 6.24. The maximum atomic E-state index is 13.7. The minimum Gasteiger partial charge on any atom is -0.494 e. The number of methoxy groups -OCH3 is 1. The molecule has 0 aliphatic carbocycles. The number of carbonyl (C=O) groups excluding carboxylic acids is 1. The lowest BCUT2D eigenvalue weighted by Crippen LogP contribution is -2.30. The molecule has 4 rings (SSSR count). The van der Waals surface area contributed by atoms with Crippen LogP contribution in [0.15, 0.2) is 65.7 Å². The van der Waals surface area contributed by atoms with E-state index in [1.54, 1.807) is 42.1 Å². The molecular formula is C24H22ClN3O2S2. The molecule has 0 atom stereocenters. The highest BCUT2D eigenvalue weighted by atomic mass is 35.5. The van der Waals surface area contributed by atoms with Gasteiger partial charge in [0.1, 0.15) is 11.3 Å². The molecule has 0 saturated carbocycles. The molecular weight excluding hydrogens is 462 g/mol. The summed E-state index contributed by atoms with van der Waals surface area (Å²) in [5.74, 6) is 0.475. The fourth-order valence-corrected chi connectivity index (χ4v) is 5.38. The molecule has 0 unspecified atom stereocenters. The zero-order valence-electron chi connectivity index (χ0n) is 17.9. The Morgan fingerprint density at radius 3 is 2.75 bits per heavy atom. The van der Waals surface area contributed by atoms with Gasteiger partial charge in [0.05, 0.1) is 29.1 Å². The number of halogens is 1. The number of rotatable bonds is 7. The van der Waals surface area contributed by atoms with Crippen molar-refractivity contribution >= 4 is 56.0 Å². The normalized spacial score (nSPS) is 11.2. The minimum atomic E-state index is -0.143. The smallest absolute Gasteiger partial charge is 0.260 e. The van der Waals surface area contributed by atoms with Crippen molar-refractivity contribution in [2.75, 3.05) is 12.0 Å². The molecule has 2 aromatic carbocycles. The molecule has 8 heteroatoms. The number of hydrogen-bond acceptors (Lipinski definition) is 6. The van der Waals surface area contributed by atoms with E-state index in [9.17, 15) is 4.79 Å². The largest absolute Gasteiger partial charge is 0.494 e. The molecule has 2 aromatic heterocycles.